The van der Waals surface area contributed by atoms with Crippen LogP contribution in [0.15, 0.2) is 73.3 Å². The van der Waals surface area contributed by atoms with Crippen molar-refractivity contribution >= 4 is 6.09 Å². The van der Waals surface area contributed by atoms with Crippen LogP contribution in [-0.4, -0.2) is 26.8 Å². The second kappa shape index (κ2) is 8.59. The summed E-state index contributed by atoms with van der Waals surface area (Å²) in [5.41, 5.74) is -1.14. The molecule has 2 aromatic heterocycles. The summed E-state index contributed by atoms with van der Waals surface area (Å²) in [7, 11) is 0. The third kappa shape index (κ3) is 4.80. The van der Waals surface area contributed by atoms with Crippen LogP contribution < -0.4 is 5.32 Å². The topological polar surface area (TPSA) is 84.3 Å². The number of carbonyl (C=O) groups excluding carboxylic acids is 1. The van der Waals surface area contributed by atoms with Crippen molar-refractivity contribution < 1.29 is 19.0 Å². The molecule has 3 aromatic rings. The van der Waals surface area contributed by atoms with Gasteiger partial charge in [-0.2, -0.15) is 0 Å². The molecule has 1 aromatic carbocycles. The molecule has 0 aliphatic heterocycles. The number of aromatic nitrogens is 2. The van der Waals surface area contributed by atoms with Gasteiger partial charge in [0.15, 0.2) is 0 Å². The molecule has 1 atom stereocenters. The molecule has 6 nitrogen and oxygen atoms in total. The van der Waals surface area contributed by atoms with Crippen molar-refractivity contribution in [2.24, 2.45) is 0 Å². The number of hydrogen-bond acceptors (Lipinski definition) is 5. The van der Waals surface area contributed by atoms with Crippen molar-refractivity contribution in [1.82, 2.24) is 15.3 Å². The summed E-state index contributed by atoms with van der Waals surface area (Å²) in [5.74, 6) is -0.430. The van der Waals surface area contributed by atoms with Crippen LogP contribution in [0.25, 0.3) is 0 Å². The number of pyridine rings is 2. The molecule has 1 amide bonds. The first-order chi connectivity index (χ1) is 14.2. The summed E-state index contributed by atoms with van der Waals surface area (Å²) in [6.07, 6.45) is 5.48. The van der Waals surface area contributed by atoms with Crippen LogP contribution in [0.2, 0.25) is 0 Å². The first-order valence-electron chi connectivity index (χ1n) is 9.48. The Hall–Kier alpha value is -3.32. The molecular weight excluding hydrogens is 385 g/mol. The normalized spacial score (nSPS) is 12.8. The fourth-order valence-corrected chi connectivity index (χ4v) is 3.19. The Morgan fingerprint density at radius 3 is 1.97 bits per heavy atom. The van der Waals surface area contributed by atoms with Gasteiger partial charge in [0.05, 0.1) is 6.04 Å². The Morgan fingerprint density at radius 1 is 1.00 bits per heavy atom. The molecule has 2 N–H and O–H groups in total. The zero-order valence-corrected chi connectivity index (χ0v) is 17.0. The molecule has 0 bridgehead atoms. The first kappa shape index (κ1) is 21.4. The lowest BCUT2D eigenvalue weighted by Gasteiger charge is -2.37. The molecule has 0 aliphatic carbocycles. The van der Waals surface area contributed by atoms with E-state index in [4.69, 9.17) is 4.74 Å². The summed E-state index contributed by atoms with van der Waals surface area (Å²) < 4.78 is 19.0. The van der Waals surface area contributed by atoms with Crippen LogP contribution in [0.5, 0.6) is 0 Å². The van der Waals surface area contributed by atoms with Crippen LogP contribution in [0.1, 0.15) is 43.5 Å². The lowest BCUT2D eigenvalue weighted by atomic mass is 9.78. The van der Waals surface area contributed by atoms with Gasteiger partial charge in [-0.3, -0.25) is 9.97 Å². The molecule has 2 heterocycles. The van der Waals surface area contributed by atoms with Gasteiger partial charge in [0.25, 0.3) is 0 Å². The van der Waals surface area contributed by atoms with E-state index in [1.165, 1.54) is 36.7 Å². The number of aliphatic hydroxyl groups is 1. The average Bonchev–Trinajstić information content (AvgIpc) is 2.72. The van der Waals surface area contributed by atoms with E-state index in [1.807, 2.05) is 0 Å². The number of alkyl carbamates (subject to hydrolysis) is 1. The Bertz CT molecular complexity index is 935. The largest absolute Gasteiger partial charge is 0.444 e. The highest BCUT2D eigenvalue weighted by Gasteiger charge is 2.43. The number of halogens is 1. The van der Waals surface area contributed by atoms with Gasteiger partial charge in [0.2, 0.25) is 0 Å². The van der Waals surface area contributed by atoms with Gasteiger partial charge in [0, 0.05) is 35.9 Å². The van der Waals surface area contributed by atoms with E-state index >= 15 is 0 Å². The molecule has 7 heteroatoms. The fraction of sp³-hybridized carbons (Fsp3) is 0.261. The number of carbonyl (C=O) groups is 1. The highest BCUT2D eigenvalue weighted by Crippen LogP contribution is 2.40. The second-order valence-corrected chi connectivity index (χ2v) is 7.88. The Kier molecular flexibility index (Phi) is 6.12. The van der Waals surface area contributed by atoms with Gasteiger partial charge >= 0.3 is 6.09 Å². The summed E-state index contributed by atoms with van der Waals surface area (Å²) in [4.78, 5) is 20.9. The van der Waals surface area contributed by atoms with Crippen molar-refractivity contribution in [3.05, 3.63) is 95.8 Å². The molecule has 0 fully saturated rings. The van der Waals surface area contributed by atoms with Crippen molar-refractivity contribution in [1.29, 1.82) is 0 Å². The summed E-state index contributed by atoms with van der Waals surface area (Å²) in [6, 6.07) is 11.3. The van der Waals surface area contributed by atoms with E-state index in [-0.39, 0.29) is 0 Å². The Morgan fingerprint density at radius 2 is 1.53 bits per heavy atom. The molecule has 0 saturated heterocycles. The third-order valence-electron chi connectivity index (χ3n) is 4.49. The Balaban J connectivity index is 2.16. The zero-order chi connectivity index (χ0) is 21.8. The number of nitrogens with zero attached hydrogens (tertiary/aromatic N) is 2. The maximum Gasteiger partial charge on any atom is 0.408 e. The SMILES string of the molecule is CC(C)(C)OC(=O)N[C@H](c1ccc(F)cc1)C(O)(c1cccnc1)c1cccnc1. The van der Waals surface area contributed by atoms with Crippen LogP contribution in [0.3, 0.4) is 0 Å². The molecule has 30 heavy (non-hydrogen) atoms. The van der Waals surface area contributed by atoms with Gasteiger partial charge < -0.3 is 15.2 Å². The van der Waals surface area contributed by atoms with Crippen molar-refractivity contribution in [3.8, 4) is 0 Å². The van der Waals surface area contributed by atoms with E-state index in [0.717, 1.165) is 0 Å². The standard InChI is InChI=1S/C23H24FN3O3/c1-22(2,3)30-21(28)27-20(16-8-10-19(24)11-9-16)23(29,17-6-4-12-25-14-17)18-7-5-13-26-15-18/h4-15,20,29H,1-3H3,(H,27,28)/t20-/m1/s1. The maximum atomic E-state index is 13.6. The quantitative estimate of drug-likeness (QED) is 0.662. The molecule has 0 radical (unpaired) electrons. The number of benzene rings is 1. The lowest BCUT2D eigenvalue weighted by molar-refractivity contribution is 0.0155. The minimum Gasteiger partial charge on any atom is -0.444 e. The predicted molar refractivity (Wildman–Crippen MR) is 110 cm³/mol. The molecule has 0 saturated carbocycles. The van der Waals surface area contributed by atoms with Crippen LogP contribution in [-0.2, 0) is 10.3 Å². The monoisotopic (exact) mass is 409 g/mol. The third-order valence-corrected chi connectivity index (χ3v) is 4.49. The van der Waals surface area contributed by atoms with E-state index in [0.29, 0.717) is 16.7 Å². The van der Waals surface area contributed by atoms with Gasteiger partial charge in [-0.1, -0.05) is 24.3 Å². The molecule has 0 spiro atoms. The molecule has 156 valence electrons. The van der Waals surface area contributed by atoms with Crippen LogP contribution >= 0.6 is 0 Å². The number of amides is 1. The fourth-order valence-electron chi connectivity index (χ4n) is 3.19. The number of hydrogen-bond donors (Lipinski definition) is 2. The van der Waals surface area contributed by atoms with Crippen molar-refractivity contribution in [2.75, 3.05) is 0 Å². The van der Waals surface area contributed by atoms with Gasteiger partial charge in [-0.05, 0) is 50.6 Å². The number of ether oxygens (including phenoxy) is 1. The van der Waals surface area contributed by atoms with E-state index in [1.54, 1.807) is 57.4 Å². The van der Waals surface area contributed by atoms with E-state index in [9.17, 15) is 14.3 Å². The van der Waals surface area contributed by atoms with Crippen LogP contribution in [0, 0.1) is 5.82 Å². The lowest BCUT2D eigenvalue weighted by Crippen LogP contribution is -2.46. The molecule has 0 aliphatic rings. The Labute approximate surface area is 174 Å². The van der Waals surface area contributed by atoms with Crippen molar-refractivity contribution in [3.63, 3.8) is 0 Å². The minimum absolute atomic E-state index is 0.430. The molecule has 3 rings (SSSR count). The van der Waals surface area contributed by atoms with Gasteiger partial charge in [-0.25, -0.2) is 9.18 Å². The second-order valence-electron chi connectivity index (χ2n) is 7.88. The van der Waals surface area contributed by atoms with Gasteiger partial charge in [0.1, 0.15) is 17.0 Å². The molecule has 0 unspecified atom stereocenters. The minimum atomic E-state index is -1.75. The first-order valence-corrected chi connectivity index (χ1v) is 9.48. The average molecular weight is 409 g/mol. The highest BCUT2D eigenvalue weighted by molar-refractivity contribution is 5.69. The number of nitrogens with one attached hydrogen (secondary N) is 1. The zero-order valence-electron chi connectivity index (χ0n) is 17.0. The van der Waals surface area contributed by atoms with Crippen LogP contribution in [0.4, 0.5) is 9.18 Å². The summed E-state index contributed by atoms with van der Waals surface area (Å²) in [5, 5.41) is 14.8. The summed E-state index contributed by atoms with van der Waals surface area (Å²) in [6.45, 7) is 5.23. The smallest absolute Gasteiger partial charge is 0.408 e. The van der Waals surface area contributed by atoms with E-state index in [2.05, 4.69) is 15.3 Å². The van der Waals surface area contributed by atoms with Gasteiger partial charge in [-0.15, -0.1) is 0 Å². The number of rotatable bonds is 5. The van der Waals surface area contributed by atoms with E-state index < -0.39 is 29.2 Å². The molecular formula is C23H24FN3O3. The maximum absolute atomic E-state index is 13.6. The van der Waals surface area contributed by atoms with Crippen molar-refractivity contribution in [2.45, 2.75) is 38.0 Å². The summed E-state index contributed by atoms with van der Waals surface area (Å²) >= 11 is 0. The predicted octanol–water partition coefficient (Wildman–Crippen LogP) is 4.12. The highest BCUT2D eigenvalue weighted by atomic mass is 19.1.